The summed E-state index contributed by atoms with van der Waals surface area (Å²) in [7, 11) is 0. The Morgan fingerprint density at radius 1 is 1.39 bits per heavy atom. The van der Waals surface area contributed by atoms with Crippen LogP contribution in [-0.4, -0.2) is 21.5 Å². The van der Waals surface area contributed by atoms with E-state index in [1.807, 2.05) is 6.20 Å². The third kappa shape index (κ3) is 3.51. The van der Waals surface area contributed by atoms with Crippen molar-refractivity contribution in [1.82, 2.24) is 20.3 Å². The molecule has 6 heteroatoms. The number of hydrogen-bond donors (Lipinski definition) is 1. The fraction of sp³-hybridized carbons (Fsp3) is 0.333. The molecule has 0 aliphatic carbocycles. The lowest BCUT2D eigenvalue weighted by atomic mass is 10.2. The molecule has 0 amide bonds. The van der Waals surface area contributed by atoms with Crippen molar-refractivity contribution in [3.8, 4) is 0 Å². The first kappa shape index (κ1) is 13.0. The standard InChI is InChI=1S/C12H14ClFN4/c13-11-4-1-3-10(12(11)14)9-15-5-2-7-18-8-6-16-17-18/h1,3-4,6,8,15H,2,5,7,9H2. The van der Waals surface area contributed by atoms with Gasteiger partial charge in [0, 0.05) is 24.8 Å². The van der Waals surface area contributed by atoms with Gasteiger partial charge < -0.3 is 5.32 Å². The van der Waals surface area contributed by atoms with Crippen LogP contribution in [0.15, 0.2) is 30.6 Å². The van der Waals surface area contributed by atoms with Crippen LogP contribution in [0.1, 0.15) is 12.0 Å². The highest BCUT2D eigenvalue weighted by atomic mass is 35.5. The number of halogens is 2. The van der Waals surface area contributed by atoms with E-state index in [0.29, 0.717) is 12.1 Å². The van der Waals surface area contributed by atoms with Crippen LogP contribution in [0.25, 0.3) is 0 Å². The van der Waals surface area contributed by atoms with Crippen molar-refractivity contribution >= 4 is 11.6 Å². The summed E-state index contributed by atoms with van der Waals surface area (Å²) in [4.78, 5) is 0. The Kier molecular flexibility index (Phi) is 4.66. The third-order valence-corrected chi connectivity index (χ3v) is 2.85. The third-order valence-electron chi connectivity index (χ3n) is 2.56. The number of benzene rings is 1. The van der Waals surface area contributed by atoms with Gasteiger partial charge in [-0.2, -0.15) is 0 Å². The first-order valence-corrected chi connectivity index (χ1v) is 6.13. The van der Waals surface area contributed by atoms with Crippen molar-refractivity contribution in [3.63, 3.8) is 0 Å². The Hall–Kier alpha value is -1.46. The zero-order valence-electron chi connectivity index (χ0n) is 9.81. The summed E-state index contributed by atoms with van der Waals surface area (Å²) in [6.07, 6.45) is 4.37. The molecule has 2 rings (SSSR count). The molecule has 1 aromatic heterocycles. The minimum Gasteiger partial charge on any atom is -0.312 e. The normalized spacial score (nSPS) is 10.8. The van der Waals surface area contributed by atoms with Gasteiger partial charge in [0.2, 0.25) is 0 Å². The van der Waals surface area contributed by atoms with Crippen LogP contribution in [-0.2, 0) is 13.1 Å². The molecule has 0 saturated heterocycles. The number of nitrogens with one attached hydrogen (secondary N) is 1. The lowest BCUT2D eigenvalue weighted by molar-refractivity contribution is 0.523. The molecule has 96 valence electrons. The molecule has 0 atom stereocenters. The van der Waals surface area contributed by atoms with Crippen molar-refractivity contribution in [2.45, 2.75) is 19.5 Å². The van der Waals surface area contributed by atoms with E-state index in [2.05, 4.69) is 15.6 Å². The minimum atomic E-state index is -0.344. The molecule has 0 radical (unpaired) electrons. The van der Waals surface area contributed by atoms with E-state index in [4.69, 9.17) is 11.6 Å². The summed E-state index contributed by atoms with van der Waals surface area (Å²) >= 11 is 5.70. The fourth-order valence-electron chi connectivity index (χ4n) is 1.63. The molecule has 18 heavy (non-hydrogen) atoms. The van der Waals surface area contributed by atoms with Crippen LogP contribution in [0.5, 0.6) is 0 Å². The molecule has 1 heterocycles. The maximum Gasteiger partial charge on any atom is 0.146 e. The van der Waals surface area contributed by atoms with E-state index in [1.54, 1.807) is 29.1 Å². The minimum absolute atomic E-state index is 0.164. The number of hydrogen-bond acceptors (Lipinski definition) is 3. The Bertz CT molecular complexity index is 487. The second kappa shape index (κ2) is 6.47. The average Bonchev–Trinajstić information content (AvgIpc) is 2.87. The van der Waals surface area contributed by atoms with Gasteiger partial charge in [0.15, 0.2) is 0 Å². The van der Waals surface area contributed by atoms with Crippen LogP contribution >= 0.6 is 11.6 Å². The molecule has 0 unspecified atom stereocenters. The molecule has 2 aromatic rings. The molecule has 0 fully saturated rings. The van der Waals surface area contributed by atoms with E-state index in [0.717, 1.165) is 19.5 Å². The van der Waals surface area contributed by atoms with Gasteiger partial charge in [-0.1, -0.05) is 28.9 Å². The number of aromatic nitrogens is 3. The molecule has 0 spiro atoms. The topological polar surface area (TPSA) is 42.7 Å². The van der Waals surface area contributed by atoms with Crippen molar-refractivity contribution in [2.75, 3.05) is 6.54 Å². The van der Waals surface area contributed by atoms with Gasteiger partial charge in [0.1, 0.15) is 5.82 Å². The molecular formula is C12H14ClFN4. The van der Waals surface area contributed by atoms with Crippen molar-refractivity contribution in [3.05, 3.63) is 47.0 Å². The zero-order chi connectivity index (χ0) is 12.8. The quantitative estimate of drug-likeness (QED) is 0.817. The molecule has 0 saturated carbocycles. The SMILES string of the molecule is Fc1c(Cl)cccc1CNCCCn1ccnn1. The summed E-state index contributed by atoms with van der Waals surface area (Å²) in [5.41, 5.74) is 0.586. The van der Waals surface area contributed by atoms with E-state index in [-0.39, 0.29) is 10.8 Å². The van der Waals surface area contributed by atoms with Gasteiger partial charge in [0.05, 0.1) is 11.2 Å². The second-order valence-electron chi connectivity index (χ2n) is 3.91. The molecule has 4 nitrogen and oxygen atoms in total. The van der Waals surface area contributed by atoms with Crippen molar-refractivity contribution in [2.24, 2.45) is 0 Å². The largest absolute Gasteiger partial charge is 0.312 e. The van der Waals surface area contributed by atoms with Crippen LogP contribution in [0.2, 0.25) is 5.02 Å². The van der Waals surface area contributed by atoms with Crippen LogP contribution in [0.4, 0.5) is 4.39 Å². The summed E-state index contributed by atoms with van der Waals surface area (Å²) in [5, 5.41) is 10.9. The van der Waals surface area contributed by atoms with Gasteiger partial charge in [-0.15, -0.1) is 5.10 Å². The summed E-state index contributed by atoms with van der Waals surface area (Å²) in [6, 6.07) is 5.02. The Labute approximate surface area is 110 Å². The highest BCUT2D eigenvalue weighted by Crippen LogP contribution is 2.17. The summed E-state index contributed by atoms with van der Waals surface area (Å²) in [5.74, 6) is -0.344. The van der Waals surface area contributed by atoms with Gasteiger partial charge in [-0.05, 0) is 19.0 Å². The number of nitrogens with zero attached hydrogens (tertiary/aromatic N) is 3. The molecule has 0 aliphatic rings. The molecular weight excluding hydrogens is 255 g/mol. The predicted molar refractivity (Wildman–Crippen MR) is 67.8 cm³/mol. The first-order valence-electron chi connectivity index (χ1n) is 5.75. The smallest absolute Gasteiger partial charge is 0.146 e. The van der Waals surface area contributed by atoms with Gasteiger partial charge in [0.25, 0.3) is 0 Å². The van der Waals surface area contributed by atoms with Crippen LogP contribution < -0.4 is 5.32 Å². The fourth-order valence-corrected chi connectivity index (χ4v) is 1.82. The highest BCUT2D eigenvalue weighted by molar-refractivity contribution is 6.30. The Balaban J connectivity index is 1.70. The maximum atomic E-state index is 13.5. The van der Waals surface area contributed by atoms with Crippen LogP contribution in [0.3, 0.4) is 0 Å². The second-order valence-corrected chi connectivity index (χ2v) is 4.32. The van der Waals surface area contributed by atoms with E-state index in [1.165, 1.54) is 0 Å². The van der Waals surface area contributed by atoms with Crippen molar-refractivity contribution < 1.29 is 4.39 Å². The lowest BCUT2D eigenvalue weighted by Crippen LogP contribution is -2.17. The Morgan fingerprint density at radius 2 is 2.28 bits per heavy atom. The first-order chi connectivity index (χ1) is 8.77. The van der Waals surface area contributed by atoms with Gasteiger partial charge in [-0.25, -0.2) is 4.39 Å². The van der Waals surface area contributed by atoms with E-state index < -0.39 is 0 Å². The zero-order valence-corrected chi connectivity index (χ0v) is 10.6. The Morgan fingerprint density at radius 3 is 3.06 bits per heavy atom. The summed E-state index contributed by atoms with van der Waals surface area (Å²) < 4.78 is 15.3. The van der Waals surface area contributed by atoms with Crippen LogP contribution in [0, 0.1) is 5.82 Å². The number of rotatable bonds is 6. The van der Waals surface area contributed by atoms with E-state index in [9.17, 15) is 4.39 Å². The molecule has 0 aliphatic heterocycles. The molecule has 0 bridgehead atoms. The van der Waals surface area contributed by atoms with Crippen molar-refractivity contribution in [1.29, 1.82) is 0 Å². The molecule has 1 aromatic carbocycles. The molecule has 1 N–H and O–H groups in total. The van der Waals surface area contributed by atoms with E-state index >= 15 is 0 Å². The maximum absolute atomic E-state index is 13.5. The van der Waals surface area contributed by atoms with Gasteiger partial charge in [-0.3, -0.25) is 4.68 Å². The number of aryl methyl sites for hydroxylation is 1. The average molecular weight is 269 g/mol. The summed E-state index contributed by atoms with van der Waals surface area (Å²) in [6.45, 7) is 2.06. The highest BCUT2D eigenvalue weighted by Gasteiger charge is 2.04. The predicted octanol–water partition coefficient (Wildman–Crippen LogP) is 2.25. The lowest BCUT2D eigenvalue weighted by Gasteiger charge is -2.06. The monoisotopic (exact) mass is 268 g/mol. The van der Waals surface area contributed by atoms with Gasteiger partial charge >= 0.3 is 0 Å².